The van der Waals surface area contributed by atoms with E-state index in [-0.39, 0.29) is 6.61 Å². The quantitative estimate of drug-likeness (QED) is 0.787. The molecule has 0 bridgehead atoms. The number of benzene rings is 1. The van der Waals surface area contributed by atoms with E-state index in [0.29, 0.717) is 29.1 Å². The van der Waals surface area contributed by atoms with Crippen molar-refractivity contribution in [1.82, 2.24) is 10.2 Å². The second-order valence-corrected chi connectivity index (χ2v) is 6.48. The summed E-state index contributed by atoms with van der Waals surface area (Å²) in [6, 6.07) is 9.45. The zero-order valence-corrected chi connectivity index (χ0v) is 16.0. The fraction of sp³-hybridized carbons (Fsp3) is 0.400. The zero-order chi connectivity index (χ0) is 19.3. The van der Waals surface area contributed by atoms with E-state index in [1.54, 1.807) is 6.92 Å². The highest BCUT2D eigenvalue weighted by Crippen LogP contribution is 2.38. The van der Waals surface area contributed by atoms with Crippen molar-refractivity contribution in [3.63, 3.8) is 0 Å². The number of esters is 2. The number of carbonyl (C=O) groups is 2. The highest BCUT2D eigenvalue weighted by atomic mass is 16.5. The van der Waals surface area contributed by atoms with Crippen LogP contribution in [-0.2, 0) is 19.1 Å². The number of nitrogens with zero attached hydrogens (tertiary/aromatic N) is 1. The molecular weight excluding hydrogens is 332 g/mol. The number of carbonyl (C=O) groups excluding carboxylic acids is 2. The molecule has 1 unspecified atom stereocenters. The summed E-state index contributed by atoms with van der Waals surface area (Å²) >= 11 is 0. The van der Waals surface area contributed by atoms with Gasteiger partial charge in [-0.2, -0.15) is 0 Å². The first-order valence-corrected chi connectivity index (χ1v) is 8.50. The predicted octanol–water partition coefficient (Wildman–Crippen LogP) is 2.20. The molecule has 140 valence electrons. The van der Waals surface area contributed by atoms with E-state index in [2.05, 4.69) is 5.32 Å². The Hall–Kier alpha value is -2.60. The van der Waals surface area contributed by atoms with E-state index in [0.717, 1.165) is 5.56 Å². The Morgan fingerprint density at radius 1 is 1.04 bits per heavy atom. The van der Waals surface area contributed by atoms with Crippen LogP contribution in [0.3, 0.4) is 0 Å². The van der Waals surface area contributed by atoms with E-state index in [4.69, 9.17) is 9.47 Å². The van der Waals surface area contributed by atoms with Gasteiger partial charge in [-0.05, 0) is 33.5 Å². The molecule has 1 aromatic rings. The molecule has 0 saturated heterocycles. The summed E-state index contributed by atoms with van der Waals surface area (Å²) < 4.78 is 10.4. The third-order valence-electron chi connectivity index (χ3n) is 4.29. The predicted molar refractivity (Wildman–Crippen MR) is 99.2 cm³/mol. The van der Waals surface area contributed by atoms with Crippen molar-refractivity contribution in [1.29, 1.82) is 0 Å². The van der Waals surface area contributed by atoms with Gasteiger partial charge >= 0.3 is 11.9 Å². The largest absolute Gasteiger partial charge is 0.466 e. The second-order valence-electron chi connectivity index (χ2n) is 6.48. The number of methoxy groups -OCH3 is 1. The average molecular weight is 358 g/mol. The van der Waals surface area contributed by atoms with Gasteiger partial charge in [0, 0.05) is 17.9 Å². The maximum Gasteiger partial charge on any atom is 0.336 e. The van der Waals surface area contributed by atoms with Crippen LogP contribution in [0.4, 0.5) is 0 Å². The Morgan fingerprint density at radius 3 is 2.15 bits per heavy atom. The van der Waals surface area contributed by atoms with E-state index < -0.39 is 17.9 Å². The van der Waals surface area contributed by atoms with Crippen molar-refractivity contribution in [3.8, 4) is 0 Å². The molecule has 26 heavy (non-hydrogen) atoms. The molecule has 1 heterocycles. The lowest BCUT2D eigenvalue weighted by atomic mass is 9.80. The Kier molecular flexibility index (Phi) is 6.58. The number of ether oxygens (including phenoxy) is 2. The fourth-order valence-corrected chi connectivity index (χ4v) is 3.02. The molecule has 1 aliphatic rings. The topological polar surface area (TPSA) is 67.9 Å². The van der Waals surface area contributed by atoms with Gasteiger partial charge in [-0.25, -0.2) is 9.59 Å². The molecule has 1 aromatic carbocycles. The summed E-state index contributed by atoms with van der Waals surface area (Å²) in [6.07, 6.45) is 0. The Morgan fingerprint density at radius 2 is 1.62 bits per heavy atom. The standard InChI is InChI=1S/C20H26N2O4/c1-13-16(19(23)25-5)18(15-9-7-6-8-10-15)17(14(2)21-13)20(24)26-12-11-22(3)4/h6-10,18,21H,11-12H2,1-5H3. The second kappa shape index (κ2) is 8.67. The van der Waals surface area contributed by atoms with Crippen LogP contribution in [0.5, 0.6) is 0 Å². The van der Waals surface area contributed by atoms with Crippen molar-refractivity contribution in [2.45, 2.75) is 19.8 Å². The van der Waals surface area contributed by atoms with Gasteiger partial charge < -0.3 is 19.7 Å². The van der Waals surface area contributed by atoms with Crippen LogP contribution >= 0.6 is 0 Å². The van der Waals surface area contributed by atoms with Crippen molar-refractivity contribution in [2.75, 3.05) is 34.4 Å². The first-order valence-electron chi connectivity index (χ1n) is 8.50. The van der Waals surface area contributed by atoms with Gasteiger partial charge in [-0.3, -0.25) is 0 Å². The lowest BCUT2D eigenvalue weighted by Crippen LogP contribution is -2.33. The summed E-state index contributed by atoms with van der Waals surface area (Å²) in [6.45, 7) is 4.52. The molecule has 0 fully saturated rings. The van der Waals surface area contributed by atoms with Gasteiger partial charge in [0.1, 0.15) is 6.61 Å². The molecule has 6 nitrogen and oxygen atoms in total. The lowest BCUT2D eigenvalue weighted by molar-refractivity contribution is -0.139. The van der Waals surface area contributed by atoms with Crippen LogP contribution in [0.15, 0.2) is 52.9 Å². The van der Waals surface area contributed by atoms with Crippen molar-refractivity contribution < 1.29 is 19.1 Å². The highest BCUT2D eigenvalue weighted by molar-refractivity contribution is 5.99. The smallest absolute Gasteiger partial charge is 0.336 e. The van der Waals surface area contributed by atoms with Gasteiger partial charge in [0.2, 0.25) is 0 Å². The van der Waals surface area contributed by atoms with Gasteiger partial charge in [-0.15, -0.1) is 0 Å². The molecule has 1 atom stereocenters. The molecule has 0 radical (unpaired) electrons. The Balaban J connectivity index is 2.45. The molecule has 6 heteroatoms. The zero-order valence-electron chi connectivity index (χ0n) is 16.0. The van der Waals surface area contributed by atoms with Gasteiger partial charge in [0.05, 0.1) is 24.2 Å². The molecule has 2 rings (SSSR count). The summed E-state index contributed by atoms with van der Waals surface area (Å²) in [5, 5.41) is 3.12. The van der Waals surface area contributed by atoms with Crippen LogP contribution in [0, 0.1) is 0 Å². The van der Waals surface area contributed by atoms with Crippen molar-refractivity contribution in [3.05, 3.63) is 58.4 Å². The van der Waals surface area contributed by atoms with E-state index in [9.17, 15) is 9.59 Å². The number of allylic oxidation sites excluding steroid dienone is 2. The average Bonchev–Trinajstić information content (AvgIpc) is 2.60. The summed E-state index contributed by atoms with van der Waals surface area (Å²) in [5.74, 6) is -1.42. The number of likely N-dealkylation sites (N-methyl/N-ethyl adjacent to an activating group) is 1. The molecule has 1 aliphatic heterocycles. The summed E-state index contributed by atoms with van der Waals surface area (Å²) in [7, 11) is 5.16. The third kappa shape index (κ3) is 4.32. The molecule has 0 aromatic heterocycles. The third-order valence-corrected chi connectivity index (χ3v) is 4.29. The summed E-state index contributed by atoms with van der Waals surface area (Å²) in [5.41, 5.74) is 3.05. The first kappa shape index (κ1) is 19.7. The summed E-state index contributed by atoms with van der Waals surface area (Å²) in [4.78, 5) is 27.2. The van der Waals surface area contributed by atoms with Crippen molar-refractivity contribution in [2.24, 2.45) is 0 Å². The normalized spacial score (nSPS) is 17.2. The van der Waals surface area contributed by atoms with E-state index in [1.807, 2.05) is 56.3 Å². The number of hydrogen-bond donors (Lipinski definition) is 1. The van der Waals surface area contributed by atoms with Gasteiger partial charge in [-0.1, -0.05) is 30.3 Å². The van der Waals surface area contributed by atoms with Gasteiger partial charge in [0.25, 0.3) is 0 Å². The van der Waals surface area contributed by atoms with E-state index in [1.165, 1.54) is 7.11 Å². The molecule has 1 N–H and O–H groups in total. The SMILES string of the molecule is COC(=O)C1=C(C)NC(C)=C(C(=O)OCCN(C)C)C1c1ccccc1. The number of nitrogens with one attached hydrogen (secondary N) is 1. The number of dihydropyridines is 1. The minimum absolute atomic E-state index is 0.278. The Labute approximate surface area is 154 Å². The fourth-order valence-electron chi connectivity index (χ4n) is 3.02. The molecule has 0 amide bonds. The molecular formula is C20H26N2O4. The minimum atomic E-state index is -0.531. The van der Waals surface area contributed by atoms with Crippen LogP contribution < -0.4 is 5.32 Å². The Bertz CT molecular complexity index is 735. The molecule has 0 aliphatic carbocycles. The van der Waals surface area contributed by atoms with Crippen LogP contribution in [-0.4, -0.2) is 51.2 Å². The molecule has 0 spiro atoms. The lowest BCUT2D eigenvalue weighted by Gasteiger charge is -2.30. The first-order chi connectivity index (χ1) is 12.4. The highest BCUT2D eigenvalue weighted by Gasteiger charge is 2.37. The van der Waals surface area contributed by atoms with E-state index >= 15 is 0 Å². The number of rotatable bonds is 6. The van der Waals surface area contributed by atoms with Crippen LogP contribution in [0.2, 0.25) is 0 Å². The molecule has 0 saturated carbocycles. The van der Waals surface area contributed by atoms with Crippen LogP contribution in [0.1, 0.15) is 25.3 Å². The van der Waals surface area contributed by atoms with Crippen LogP contribution in [0.25, 0.3) is 0 Å². The monoisotopic (exact) mass is 358 g/mol. The minimum Gasteiger partial charge on any atom is -0.466 e. The number of hydrogen-bond acceptors (Lipinski definition) is 6. The van der Waals surface area contributed by atoms with Gasteiger partial charge in [0.15, 0.2) is 0 Å². The maximum atomic E-state index is 12.8. The van der Waals surface area contributed by atoms with Crippen molar-refractivity contribution >= 4 is 11.9 Å². The maximum absolute atomic E-state index is 12.8.